The molecule has 0 aliphatic carbocycles. The van der Waals surface area contributed by atoms with Crippen LogP contribution in [0.25, 0.3) is 11.3 Å². The fourth-order valence-corrected chi connectivity index (χ4v) is 2.10. The highest BCUT2D eigenvalue weighted by molar-refractivity contribution is 5.69. The molecule has 0 atom stereocenters. The molecule has 0 amide bonds. The third-order valence-electron chi connectivity index (χ3n) is 3.12. The number of rotatable bonds is 4. The molecule has 2 aromatic rings. The fourth-order valence-electron chi connectivity index (χ4n) is 2.10. The maximum atomic E-state index is 11.8. The van der Waals surface area contributed by atoms with Gasteiger partial charge in [0.25, 0.3) is 5.56 Å². The highest BCUT2D eigenvalue weighted by Gasteiger charge is 2.15. The number of esters is 1. The van der Waals surface area contributed by atoms with Gasteiger partial charge in [-0.3, -0.25) is 9.59 Å². The van der Waals surface area contributed by atoms with E-state index in [0.29, 0.717) is 17.2 Å². The summed E-state index contributed by atoms with van der Waals surface area (Å²) in [7, 11) is 0. The Morgan fingerprint density at radius 1 is 1.27 bits per heavy atom. The van der Waals surface area contributed by atoms with Crippen molar-refractivity contribution in [2.24, 2.45) is 0 Å². The van der Waals surface area contributed by atoms with Crippen LogP contribution in [0, 0.1) is 0 Å². The van der Waals surface area contributed by atoms with Gasteiger partial charge in [-0.1, -0.05) is 0 Å². The first-order chi connectivity index (χ1) is 10.7. The molecule has 7 heteroatoms. The Kier molecular flexibility index (Phi) is 3.78. The smallest absolute Gasteiger partial charge is 0.327 e. The first-order valence-corrected chi connectivity index (χ1v) is 6.81. The third-order valence-corrected chi connectivity index (χ3v) is 3.12. The zero-order chi connectivity index (χ0) is 15.5. The molecule has 0 N–H and O–H groups in total. The quantitative estimate of drug-likeness (QED) is 0.790. The summed E-state index contributed by atoms with van der Waals surface area (Å²) in [6.45, 7) is 1.94. The summed E-state index contributed by atoms with van der Waals surface area (Å²) in [6.07, 6.45) is 0. The summed E-state index contributed by atoms with van der Waals surface area (Å²) < 4.78 is 16.5. The molecule has 1 aromatic heterocycles. The molecule has 2 heterocycles. The monoisotopic (exact) mass is 302 g/mol. The van der Waals surface area contributed by atoms with E-state index < -0.39 is 5.97 Å². The SMILES string of the molecule is CCOC(=O)Cn1nc(-c2ccc3c(c2)OCO3)ccc1=O. The Balaban J connectivity index is 1.91. The van der Waals surface area contributed by atoms with E-state index in [0.717, 1.165) is 10.2 Å². The molecule has 0 saturated carbocycles. The maximum absolute atomic E-state index is 11.8. The number of nitrogens with zero attached hydrogens (tertiary/aromatic N) is 2. The van der Waals surface area contributed by atoms with Gasteiger partial charge >= 0.3 is 5.97 Å². The Morgan fingerprint density at radius 2 is 2.09 bits per heavy atom. The molecule has 114 valence electrons. The molecular weight excluding hydrogens is 288 g/mol. The standard InChI is InChI=1S/C15H14N2O5/c1-2-20-15(19)8-17-14(18)6-4-11(16-17)10-3-5-12-13(7-10)22-9-21-12/h3-7H,2,8-9H2,1H3. The minimum atomic E-state index is -0.500. The number of fused-ring (bicyclic) bond motifs is 1. The van der Waals surface area contributed by atoms with Crippen molar-refractivity contribution in [2.75, 3.05) is 13.4 Å². The zero-order valence-electron chi connectivity index (χ0n) is 11.9. The molecule has 7 nitrogen and oxygen atoms in total. The third kappa shape index (κ3) is 2.78. The molecule has 0 radical (unpaired) electrons. The van der Waals surface area contributed by atoms with Gasteiger partial charge in [0, 0.05) is 11.6 Å². The van der Waals surface area contributed by atoms with Crippen LogP contribution in [0.1, 0.15) is 6.92 Å². The van der Waals surface area contributed by atoms with Crippen LogP contribution >= 0.6 is 0 Å². The van der Waals surface area contributed by atoms with Crippen molar-refractivity contribution >= 4 is 5.97 Å². The van der Waals surface area contributed by atoms with E-state index in [9.17, 15) is 9.59 Å². The fraction of sp³-hybridized carbons (Fsp3) is 0.267. The summed E-state index contributed by atoms with van der Waals surface area (Å²) in [5, 5.41) is 4.20. The highest BCUT2D eigenvalue weighted by Crippen LogP contribution is 2.35. The molecule has 0 unspecified atom stereocenters. The minimum Gasteiger partial charge on any atom is -0.465 e. The minimum absolute atomic E-state index is 0.189. The van der Waals surface area contributed by atoms with E-state index in [1.54, 1.807) is 25.1 Å². The number of hydrogen-bond donors (Lipinski definition) is 0. The van der Waals surface area contributed by atoms with Crippen molar-refractivity contribution < 1.29 is 19.0 Å². The van der Waals surface area contributed by atoms with Crippen molar-refractivity contribution in [3.05, 3.63) is 40.7 Å². The van der Waals surface area contributed by atoms with Gasteiger partial charge in [0.2, 0.25) is 6.79 Å². The predicted molar refractivity (Wildman–Crippen MR) is 76.7 cm³/mol. The number of carbonyl (C=O) groups is 1. The van der Waals surface area contributed by atoms with Crippen LogP contribution in [0.4, 0.5) is 0 Å². The van der Waals surface area contributed by atoms with Crippen molar-refractivity contribution in [3.63, 3.8) is 0 Å². The van der Waals surface area contributed by atoms with Crippen molar-refractivity contribution in [1.29, 1.82) is 0 Å². The number of hydrogen-bond acceptors (Lipinski definition) is 6. The summed E-state index contributed by atoms with van der Waals surface area (Å²) in [5.41, 5.74) is 0.960. The molecular formula is C15H14N2O5. The number of benzene rings is 1. The van der Waals surface area contributed by atoms with Crippen molar-refractivity contribution in [2.45, 2.75) is 13.5 Å². The molecule has 1 aromatic carbocycles. The van der Waals surface area contributed by atoms with Gasteiger partial charge < -0.3 is 14.2 Å². The number of carbonyl (C=O) groups excluding carboxylic acids is 1. The molecule has 3 rings (SSSR count). The lowest BCUT2D eigenvalue weighted by molar-refractivity contribution is -0.144. The van der Waals surface area contributed by atoms with Gasteiger partial charge in [0.1, 0.15) is 6.54 Å². The van der Waals surface area contributed by atoms with E-state index in [-0.39, 0.29) is 25.5 Å². The molecule has 22 heavy (non-hydrogen) atoms. The van der Waals surface area contributed by atoms with Gasteiger partial charge in [-0.25, -0.2) is 4.68 Å². The summed E-state index contributed by atoms with van der Waals surface area (Å²) in [4.78, 5) is 23.3. The van der Waals surface area contributed by atoms with Crippen molar-refractivity contribution in [1.82, 2.24) is 9.78 Å². The molecule has 0 fully saturated rings. The van der Waals surface area contributed by atoms with E-state index in [2.05, 4.69) is 5.10 Å². The van der Waals surface area contributed by atoms with E-state index in [4.69, 9.17) is 14.2 Å². The van der Waals surface area contributed by atoms with Gasteiger partial charge in [0.15, 0.2) is 11.5 Å². The summed E-state index contributed by atoms with van der Waals surface area (Å²) >= 11 is 0. The Bertz CT molecular complexity index is 769. The summed E-state index contributed by atoms with van der Waals surface area (Å²) in [6, 6.07) is 8.34. The number of ether oxygens (including phenoxy) is 3. The van der Waals surface area contributed by atoms with Crippen LogP contribution in [0.2, 0.25) is 0 Å². The maximum Gasteiger partial charge on any atom is 0.327 e. The van der Waals surface area contributed by atoms with Crippen LogP contribution < -0.4 is 15.0 Å². The molecule has 1 aliphatic rings. The Hall–Kier alpha value is -2.83. The lowest BCUT2D eigenvalue weighted by atomic mass is 10.1. The van der Waals surface area contributed by atoms with E-state index >= 15 is 0 Å². The Labute approximate surface area is 126 Å². The molecule has 0 bridgehead atoms. The predicted octanol–water partition coefficient (Wildman–Crippen LogP) is 1.20. The van der Waals surface area contributed by atoms with Crippen LogP contribution in [0.15, 0.2) is 35.1 Å². The van der Waals surface area contributed by atoms with Crippen molar-refractivity contribution in [3.8, 4) is 22.8 Å². The average molecular weight is 302 g/mol. The topological polar surface area (TPSA) is 79.7 Å². The van der Waals surface area contributed by atoms with E-state index in [1.165, 1.54) is 6.07 Å². The lowest BCUT2D eigenvalue weighted by Crippen LogP contribution is -2.27. The molecule has 1 aliphatic heterocycles. The second-order valence-electron chi connectivity index (χ2n) is 4.59. The lowest BCUT2D eigenvalue weighted by Gasteiger charge is -2.07. The van der Waals surface area contributed by atoms with Gasteiger partial charge in [0.05, 0.1) is 12.3 Å². The normalized spacial score (nSPS) is 12.2. The second-order valence-corrected chi connectivity index (χ2v) is 4.59. The molecule has 0 spiro atoms. The first kappa shape index (κ1) is 14.1. The summed E-state index contributed by atoms with van der Waals surface area (Å²) in [5.74, 6) is 0.797. The average Bonchev–Trinajstić information content (AvgIpc) is 2.97. The molecule has 0 saturated heterocycles. The van der Waals surface area contributed by atoms with Gasteiger partial charge in [-0.2, -0.15) is 5.10 Å². The number of aromatic nitrogens is 2. The zero-order valence-corrected chi connectivity index (χ0v) is 11.9. The first-order valence-electron chi connectivity index (χ1n) is 6.81. The Morgan fingerprint density at radius 3 is 2.91 bits per heavy atom. The van der Waals surface area contributed by atoms with Crippen LogP contribution in [0.5, 0.6) is 11.5 Å². The largest absolute Gasteiger partial charge is 0.465 e. The van der Waals surface area contributed by atoms with Crippen LogP contribution in [-0.4, -0.2) is 29.1 Å². The van der Waals surface area contributed by atoms with E-state index in [1.807, 2.05) is 6.07 Å². The van der Waals surface area contributed by atoms with Gasteiger partial charge in [-0.05, 0) is 31.2 Å². The van der Waals surface area contributed by atoms with Crippen LogP contribution in [0.3, 0.4) is 0 Å². The van der Waals surface area contributed by atoms with Crippen LogP contribution in [-0.2, 0) is 16.1 Å². The second kappa shape index (κ2) is 5.88. The highest BCUT2D eigenvalue weighted by atomic mass is 16.7. The van der Waals surface area contributed by atoms with Gasteiger partial charge in [-0.15, -0.1) is 0 Å².